The molecule has 1 aliphatic carbocycles. The van der Waals surface area contributed by atoms with Crippen LogP contribution >= 0.6 is 0 Å². The number of para-hydroxylation sites is 1. The maximum absolute atomic E-state index is 13.3. The molecule has 4 N–H and O–H groups in total. The van der Waals surface area contributed by atoms with Crippen molar-refractivity contribution in [3.05, 3.63) is 29.8 Å². The van der Waals surface area contributed by atoms with E-state index in [4.69, 9.17) is 4.74 Å². The second-order valence-electron chi connectivity index (χ2n) is 10.5. The summed E-state index contributed by atoms with van der Waals surface area (Å²) >= 11 is 0. The molecule has 0 saturated heterocycles. The van der Waals surface area contributed by atoms with Crippen molar-refractivity contribution in [2.45, 2.75) is 77.9 Å². The summed E-state index contributed by atoms with van der Waals surface area (Å²) in [6.45, 7) is 8.65. The van der Waals surface area contributed by atoms with E-state index in [-0.39, 0.29) is 36.5 Å². The zero-order valence-corrected chi connectivity index (χ0v) is 21.8. The van der Waals surface area contributed by atoms with Gasteiger partial charge < -0.3 is 26.0 Å². The van der Waals surface area contributed by atoms with Crippen LogP contribution in [0.1, 0.15) is 70.2 Å². The Morgan fingerprint density at radius 3 is 2.47 bits per heavy atom. The van der Waals surface area contributed by atoms with E-state index in [1.165, 1.54) is 0 Å². The molecule has 36 heavy (non-hydrogen) atoms. The van der Waals surface area contributed by atoms with E-state index in [1.54, 1.807) is 24.3 Å². The Kier molecular flexibility index (Phi) is 9.73. The first-order valence-electron chi connectivity index (χ1n) is 13.1. The lowest BCUT2D eigenvalue weighted by atomic mass is 9.96. The summed E-state index contributed by atoms with van der Waals surface area (Å²) in [4.78, 5) is 52.5. The summed E-state index contributed by atoms with van der Waals surface area (Å²) in [7, 11) is 0. The molecule has 1 saturated carbocycles. The molecular formula is C27H40N4O5. The minimum atomic E-state index is -1.08. The molecule has 9 heteroatoms. The van der Waals surface area contributed by atoms with E-state index < -0.39 is 29.8 Å². The maximum atomic E-state index is 13.3. The van der Waals surface area contributed by atoms with E-state index in [0.717, 1.165) is 12.8 Å². The molecule has 2 aliphatic rings. The van der Waals surface area contributed by atoms with Crippen LogP contribution in [0.3, 0.4) is 0 Å². The van der Waals surface area contributed by atoms with Crippen molar-refractivity contribution in [3.63, 3.8) is 0 Å². The molecule has 0 unspecified atom stereocenters. The zero-order chi connectivity index (χ0) is 26.2. The average Bonchev–Trinajstić information content (AvgIpc) is 3.67. The Morgan fingerprint density at radius 1 is 1.08 bits per heavy atom. The van der Waals surface area contributed by atoms with Crippen LogP contribution in [0.4, 0.5) is 0 Å². The quantitative estimate of drug-likeness (QED) is 0.457. The first-order valence-corrected chi connectivity index (χ1v) is 13.1. The van der Waals surface area contributed by atoms with Crippen molar-refractivity contribution in [2.75, 3.05) is 13.2 Å². The largest absolute Gasteiger partial charge is 0.491 e. The lowest BCUT2D eigenvalue weighted by Crippen LogP contribution is -2.56. The Hall–Kier alpha value is -3.10. The van der Waals surface area contributed by atoms with Crippen LogP contribution in [0.15, 0.2) is 24.3 Å². The first-order chi connectivity index (χ1) is 17.2. The smallest absolute Gasteiger partial charge is 0.255 e. The number of benzene rings is 1. The summed E-state index contributed by atoms with van der Waals surface area (Å²) in [5, 5.41) is 11.4. The fraction of sp³-hybridized carbons (Fsp3) is 0.630. The molecule has 198 valence electrons. The summed E-state index contributed by atoms with van der Waals surface area (Å²) in [6, 6.07) is 4.62. The second-order valence-corrected chi connectivity index (χ2v) is 10.5. The van der Waals surface area contributed by atoms with Gasteiger partial charge in [-0.25, -0.2) is 0 Å². The fourth-order valence-electron chi connectivity index (χ4n) is 4.25. The molecule has 4 atom stereocenters. The van der Waals surface area contributed by atoms with Gasteiger partial charge in [0.25, 0.3) is 5.91 Å². The van der Waals surface area contributed by atoms with Gasteiger partial charge in [-0.15, -0.1) is 0 Å². The topological polar surface area (TPSA) is 126 Å². The van der Waals surface area contributed by atoms with Crippen LogP contribution in [-0.2, 0) is 14.4 Å². The van der Waals surface area contributed by atoms with Gasteiger partial charge in [-0.05, 0) is 49.1 Å². The molecule has 0 spiro atoms. The van der Waals surface area contributed by atoms with Crippen molar-refractivity contribution in [2.24, 2.45) is 17.8 Å². The van der Waals surface area contributed by atoms with Gasteiger partial charge in [-0.3, -0.25) is 19.2 Å². The van der Waals surface area contributed by atoms with E-state index >= 15 is 0 Å². The van der Waals surface area contributed by atoms with Crippen molar-refractivity contribution < 1.29 is 23.9 Å². The summed E-state index contributed by atoms with van der Waals surface area (Å²) < 4.78 is 6.03. The molecule has 1 fully saturated rings. The lowest BCUT2D eigenvalue weighted by Gasteiger charge is -2.29. The molecule has 9 nitrogen and oxygen atoms in total. The number of hydrogen-bond acceptors (Lipinski definition) is 5. The number of nitrogens with one attached hydrogen (secondary N) is 4. The molecule has 1 aromatic rings. The second kappa shape index (κ2) is 12.7. The van der Waals surface area contributed by atoms with Crippen LogP contribution in [-0.4, -0.2) is 54.9 Å². The molecule has 1 aliphatic heterocycles. The SMILES string of the molecule is CC[C@H](C)[C@@H]1NC(=O)C[C@@H](C(=O)NCC2CC2)NC(=O)c2ccccc2OC[C@@H](CC(C)C)NC1=O. The van der Waals surface area contributed by atoms with Gasteiger partial charge in [-0.1, -0.05) is 46.2 Å². The van der Waals surface area contributed by atoms with Gasteiger partial charge in [-0.2, -0.15) is 0 Å². The highest BCUT2D eigenvalue weighted by Gasteiger charge is 2.32. The third-order valence-corrected chi connectivity index (χ3v) is 6.76. The zero-order valence-electron chi connectivity index (χ0n) is 21.8. The molecule has 3 rings (SSSR count). The van der Waals surface area contributed by atoms with Crippen molar-refractivity contribution >= 4 is 23.6 Å². The fourth-order valence-corrected chi connectivity index (χ4v) is 4.25. The summed E-state index contributed by atoms with van der Waals surface area (Å²) in [5.74, 6) is -0.691. The third kappa shape index (κ3) is 7.96. The monoisotopic (exact) mass is 500 g/mol. The van der Waals surface area contributed by atoms with Crippen LogP contribution in [0, 0.1) is 17.8 Å². The maximum Gasteiger partial charge on any atom is 0.255 e. The highest BCUT2D eigenvalue weighted by Crippen LogP contribution is 2.27. The molecule has 0 aromatic heterocycles. The molecule has 1 aromatic carbocycles. The molecule has 0 radical (unpaired) electrons. The molecule has 1 heterocycles. The Bertz CT molecular complexity index is 946. The number of fused-ring (bicyclic) bond motifs is 1. The number of carbonyl (C=O) groups is 4. The standard InChI is InChI=1S/C27H40N4O5/c1-5-17(4)24-27(35)29-19(12-16(2)3)15-36-22-9-7-6-8-20(22)25(33)30-21(13-23(32)31-24)26(34)28-14-18-10-11-18/h6-9,16-19,21,24H,5,10-15H2,1-4H3,(H,28,34)(H,29,35)(H,30,33)(H,31,32)/t17-,19+,21-,24-/m0/s1. The van der Waals surface area contributed by atoms with Crippen LogP contribution in [0.25, 0.3) is 0 Å². The number of amides is 4. The van der Waals surface area contributed by atoms with Gasteiger partial charge in [0.1, 0.15) is 24.4 Å². The van der Waals surface area contributed by atoms with Gasteiger partial charge in [0.2, 0.25) is 17.7 Å². The van der Waals surface area contributed by atoms with E-state index in [2.05, 4.69) is 35.1 Å². The van der Waals surface area contributed by atoms with Gasteiger partial charge >= 0.3 is 0 Å². The highest BCUT2D eigenvalue weighted by molar-refractivity contribution is 6.01. The van der Waals surface area contributed by atoms with Gasteiger partial charge in [0.05, 0.1) is 18.0 Å². The minimum Gasteiger partial charge on any atom is -0.491 e. The highest BCUT2D eigenvalue weighted by atomic mass is 16.5. The van der Waals surface area contributed by atoms with Crippen molar-refractivity contribution in [1.82, 2.24) is 21.3 Å². The van der Waals surface area contributed by atoms with Crippen LogP contribution in [0.2, 0.25) is 0 Å². The normalized spacial score (nSPS) is 24.4. The Labute approximate surface area is 213 Å². The Balaban J connectivity index is 1.91. The number of hydrogen-bond donors (Lipinski definition) is 4. The first kappa shape index (κ1) is 27.5. The predicted octanol–water partition coefficient (Wildman–Crippen LogP) is 2.16. The van der Waals surface area contributed by atoms with Crippen LogP contribution < -0.4 is 26.0 Å². The van der Waals surface area contributed by atoms with Gasteiger partial charge in [0.15, 0.2) is 0 Å². The summed E-state index contributed by atoms with van der Waals surface area (Å²) in [6.07, 6.45) is 3.20. The number of rotatable bonds is 7. The average molecular weight is 501 g/mol. The Morgan fingerprint density at radius 2 is 1.81 bits per heavy atom. The van der Waals surface area contributed by atoms with Crippen LogP contribution in [0.5, 0.6) is 5.75 Å². The molecule has 0 bridgehead atoms. The molecule has 4 amide bonds. The predicted molar refractivity (Wildman–Crippen MR) is 136 cm³/mol. The minimum absolute atomic E-state index is 0.125. The summed E-state index contributed by atoms with van der Waals surface area (Å²) in [5.41, 5.74) is 0.266. The van der Waals surface area contributed by atoms with E-state index in [0.29, 0.717) is 37.0 Å². The number of carbonyl (C=O) groups excluding carboxylic acids is 4. The van der Waals surface area contributed by atoms with E-state index in [1.807, 2.05) is 13.8 Å². The lowest BCUT2D eigenvalue weighted by molar-refractivity contribution is -0.132. The number of ether oxygens (including phenoxy) is 1. The van der Waals surface area contributed by atoms with E-state index in [9.17, 15) is 19.2 Å². The molecular weight excluding hydrogens is 460 g/mol. The van der Waals surface area contributed by atoms with Crippen molar-refractivity contribution in [3.8, 4) is 5.75 Å². The van der Waals surface area contributed by atoms with Crippen molar-refractivity contribution in [1.29, 1.82) is 0 Å². The third-order valence-electron chi connectivity index (χ3n) is 6.76. The van der Waals surface area contributed by atoms with Gasteiger partial charge in [0, 0.05) is 6.54 Å².